The Morgan fingerprint density at radius 2 is 1.87 bits per heavy atom. The van der Waals surface area contributed by atoms with E-state index in [1.165, 1.54) is 0 Å². The molecule has 31 heavy (non-hydrogen) atoms. The minimum atomic E-state index is -0.887. The maximum atomic E-state index is 12.3. The SMILES string of the molecule is COc1ccc(N2CCN(C(C(=O)O)c3c[nH]c4ccc(OCC#N)cc34)CC2)cc1. The predicted molar refractivity (Wildman–Crippen MR) is 117 cm³/mol. The fraction of sp³-hybridized carbons (Fsp3) is 0.304. The molecule has 1 aliphatic rings. The van der Waals surface area contributed by atoms with E-state index >= 15 is 0 Å². The Bertz CT molecular complexity index is 1090. The molecule has 2 N–H and O–H groups in total. The second kappa shape index (κ2) is 8.98. The van der Waals surface area contributed by atoms with Crippen LogP contribution in [0.3, 0.4) is 0 Å². The van der Waals surface area contributed by atoms with Gasteiger partial charge in [-0.25, -0.2) is 0 Å². The molecule has 1 unspecified atom stereocenters. The summed E-state index contributed by atoms with van der Waals surface area (Å²) >= 11 is 0. The van der Waals surface area contributed by atoms with Crippen molar-refractivity contribution in [2.45, 2.75) is 6.04 Å². The second-order valence-electron chi connectivity index (χ2n) is 7.36. The topological polar surface area (TPSA) is 102 Å². The smallest absolute Gasteiger partial charge is 0.325 e. The lowest BCUT2D eigenvalue weighted by atomic mass is 10.0. The fourth-order valence-corrected chi connectivity index (χ4v) is 4.07. The number of hydrogen-bond donors (Lipinski definition) is 2. The summed E-state index contributed by atoms with van der Waals surface area (Å²) in [6, 6.07) is 14.5. The van der Waals surface area contributed by atoms with Gasteiger partial charge >= 0.3 is 5.97 Å². The number of carboxylic acids is 1. The minimum absolute atomic E-state index is 0.0546. The van der Waals surface area contributed by atoms with Gasteiger partial charge in [0.05, 0.1) is 7.11 Å². The molecule has 4 rings (SSSR count). The Morgan fingerprint density at radius 1 is 1.16 bits per heavy atom. The monoisotopic (exact) mass is 420 g/mol. The number of aliphatic carboxylic acids is 1. The highest BCUT2D eigenvalue weighted by Gasteiger charge is 2.32. The molecule has 3 aromatic rings. The number of carboxylic acid groups (broad SMARTS) is 1. The summed E-state index contributed by atoms with van der Waals surface area (Å²) in [6.45, 7) is 2.66. The number of ether oxygens (including phenoxy) is 2. The van der Waals surface area contributed by atoms with E-state index in [-0.39, 0.29) is 6.61 Å². The summed E-state index contributed by atoms with van der Waals surface area (Å²) in [7, 11) is 1.64. The van der Waals surface area contributed by atoms with Crippen LogP contribution >= 0.6 is 0 Å². The van der Waals surface area contributed by atoms with Crippen molar-refractivity contribution >= 4 is 22.6 Å². The van der Waals surface area contributed by atoms with Gasteiger partial charge in [0.25, 0.3) is 0 Å². The van der Waals surface area contributed by atoms with Crippen LogP contribution in [0.15, 0.2) is 48.7 Å². The zero-order chi connectivity index (χ0) is 21.8. The van der Waals surface area contributed by atoms with Gasteiger partial charge in [0.2, 0.25) is 0 Å². The lowest BCUT2D eigenvalue weighted by molar-refractivity contribution is -0.143. The first-order chi connectivity index (χ1) is 15.1. The van der Waals surface area contributed by atoms with Gasteiger partial charge in [0.1, 0.15) is 23.6 Å². The molecule has 1 atom stereocenters. The van der Waals surface area contributed by atoms with E-state index in [1.807, 2.05) is 41.3 Å². The molecular formula is C23H24N4O4. The molecule has 2 heterocycles. The number of nitrogens with zero attached hydrogens (tertiary/aromatic N) is 3. The molecule has 1 aliphatic heterocycles. The number of H-pyrrole nitrogens is 1. The summed E-state index contributed by atoms with van der Waals surface area (Å²) in [5, 5.41) is 19.6. The molecular weight excluding hydrogens is 396 g/mol. The van der Waals surface area contributed by atoms with Gasteiger partial charge in [-0.2, -0.15) is 5.26 Å². The van der Waals surface area contributed by atoms with Gasteiger partial charge < -0.3 is 24.5 Å². The van der Waals surface area contributed by atoms with Gasteiger partial charge in [0.15, 0.2) is 6.61 Å². The van der Waals surface area contributed by atoms with Crippen LogP contribution in [0, 0.1) is 11.3 Å². The molecule has 0 spiro atoms. The highest BCUT2D eigenvalue weighted by atomic mass is 16.5. The van der Waals surface area contributed by atoms with Crippen LogP contribution < -0.4 is 14.4 Å². The third-order valence-corrected chi connectivity index (χ3v) is 5.63. The molecule has 0 aliphatic carbocycles. The maximum Gasteiger partial charge on any atom is 0.325 e. The molecule has 0 amide bonds. The average molecular weight is 420 g/mol. The van der Waals surface area contributed by atoms with Crippen LogP contribution in [0.5, 0.6) is 11.5 Å². The lowest BCUT2D eigenvalue weighted by Gasteiger charge is -2.38. The van der Waals surface area contributed by atoms with Gasteiger partial charge in [-0.1, -0.05) is 0 Å². The predicted octanol–water partition coefficient (Wildman–Crippen LogP) is 3.03. The van der Waals surface area contributed by atoms with Gasteiger partial charge in [-0.15, -0.1) is 0 Å². The highest BCUT2D eigenvalue weighted by Crippen LogP contribution is 2.32. The Morgan fingerprint density at radius 3 is 2.52 bits per heavy atom. The molecule has 8 heteroatoms. The van der Waals surface area contributed by atoms with Crippen molar-refractivity contribution in [3.63, 3.8) is 0 Å². The number of piperazine rings is 1. The van der Waals surface area contributed by atoms with Crippen LogP contribution in [0.2, 0.25) is 0 Å². The first-order valence-corrected chi connectivity index (χ1v) is 10.1. The highest BCUT2D eigenvalue weighted by molar-refractivity contribution is 5.90. The molecule has 1 fully saturated rings. The van der Waals surface area contributed by atoms with Gasteiger partial charge in [-0.3, -0.25) is 9.69 Å². The van der Waals surface area contributed by atoms with Crippen molar-refractivity contribution in [2.75, 3.05) is 44.8 Å². The van der Waals surface area contributed by atoms with E-state index in [4.69, 9.17) is 14.7 Å². The number of methoxy groups -OCH3 is 1. The third-order valence-electron chi connectivity index (χ3n) is 5.63. The van der Waals surface area contributed by atoms with Gasteiger partial charge in [-0.05, 0) is 42.5 Å². The summed E-state index contributed by atoms with van der Waals surface area (Å²) in [4.78, 5) is 19.7. The van der Waals surface area contributed by atoms with Crippen molar-refractivity contribution in [3.8, 4) is 17.6 Å². The largest absolute Gasteiger partial charge is 0.497 e. The zero-order valence-corrected chi connectivity index (χ0v) is 17.2. The Hall–Kier alpha value is -3.70. The van der Waals surface area contributed by atoms with E-state index < -0.39 is 12.0 Å². The fourth-order valence-electron chi connectivity index (χ4n) is 4.07. The average Bonchev–Trinajstić information content (AvgIpc) is 3.21. The summed E-state index contributed by atoms with van der Waals surface area (Å²) < 4.78 is 10.6. The van der Waals surface area contributed by atoms with E-state index in [2.05, 4.69) is 9.88 Å². The van der Waals surface area contributed by atoms with E-state index in [0.717, 1.165) is 35.4 Å². The first-order valence-electron chi connectivity index (χ1n) is 10.1. The number of rotatable bonds is 7. The Balaban J connectivity index is 1.53. The molecule has 160 valence electrons. The number of anilines is 1. The number of nitrogens with one attached hydrogen (secondary N) is 1. The molecule has 0 saturated carbocycles. The number of carbonyl (C=O) groups is 1. The first kappa shape index (κ1) is 20.6. The number of hydrogen-bond acceptors (Lipinski definition) is 6. The number of benzene rings is 2. The number of aromatic amines is 1. The van der Waals surface area contributed by atoms with Crippen molar-refractivity contribution in [1.29, 1.82) is 5.26 Å². The Kier molecular flexibility index (Phi) is 5.96. The van der Waals surface area contributed by atoms with Crippen molar-refractivity contribution in [3.05, 3.63) is 54.2 Å². The summed E-state index contributed by atoms with van der Waals surface area (Å²) in [5.74, 6) is 0.469. The molecule has 8 nitrogen and oxygen atoms in total. The van der Waals surface area contributed by atoms with Crippen LogP contribution in [-0.4, -0.2) is 60.9 Å². The van der Waals surface area contributed by atoms with Crippen molar-refractivity contribution in [2.24, 2.45) is 0 Å². The van der Waals surface area contributed by atoms with Crippen LogP contribution in [0.1, 0.15) is 11.6 Å². The Labute approximate surface area is 180 Å². The number of nitriles is 1. The third kappa shape index (κ3) is 4.27. The van der Waals surface area contributed by atoms with Crippen LogP contribution in [-0.2, 0) is 4.79 Å². The molecule has 2 aromatic carbocycles. The van der Waals surface area contributed by atoms with Crippen LogP contribution in [0.25, 0.3) is 10.9 Å². The minimum Gasteiger partial charge on any atom is -0.497 e. The van der Waals surface area contributed by atoms with Gasteiger partial charge in [0, 0.05) is 54.5 Å². The van der Waals surface area contributed by atoms with Crippen molar-refractivity contribution in [1.82, 2.24) is 9.88 Å². The normalized spacial score (nSPS) is 15.4. The number of aromatic nitrogens is 1. The van der Waals surface area contributed by atoms with Crippen LogP contribution in [0.4, 0.5) is 5.69 Å². The van der Waals surface area contributed by atoms with E-state index in [1.54, 1.807) is 25.4 Å². The number of fused-ring (bicyclic) bond motifs is 1. The van der Waals surface area contributed by atoms with E-state index in [0.29, 0.717) is 24.4 Å². The lowest BCUT2D eigenvalue weighted by Crippen LogP contribution is -2.49. The molecule has 1 aromatic heterocycles. The summed E-state index contributed by atoms with van der Waals surface area (Å²) in [5.41, 5.74) is 2.63. The molecule has 0 radical (unpaired) electrons. The zero-order valence-electron chi connectivity index (χ0n) is 17.2. The maximum absolute atomic E-state index is 12.3. The molecule has 0 bridgehead atoms. The second-order valence-corrected chi connectivity index (χ2v) is 7.36. The quantitative estimate of drug-likeness (QED) is 0.606. The molecule has 1 saturated heterocycles. The van der Waals surface area contributed by atoms with Crippen molar-refractivity contribution < 1.29 is 19.4 Å². The standard InChI is InChI=1S/C23H24N4O4/c1-30-17-4-2-16(3-5-17)26-9-11-27(12-10-26)22(23(28)29)20-15-25-21-7-6-18(14-19(20)21)31-13-8-24/h2-7,14-15,22,25H,9-13H2,1H3,(H,28,29). The van der Waals surface area contributed by atoms with E-state index in [9.17, 15) is 9.90 Å². The summed E-state index contributed by atoms with van der Waals surface area (Å²) in [6.07, 6.45) is 1.76.